The third-order valence-electron chi connectivity index (χ3n) is 1.16. The van der Waals surface area contributed by atoms with Crippen molar-refractivity contribution in [3.8, 4) is 83.4 Å². The Morgan fingerprint density at radius 1 is 0.647 bits per heavy atom. The summed E-state index contributed by atoms with van der Waals surface area (Å²) in [5.74, 6) is 32.7. The zero-order chi connectivity index (χ0) is 12.6. The zero-order valence-corrected chi connectivity index (χ0v) is 9.49. The number of unbranched alkanes of at least 4 members (excludes halogenated alkanes) is 1. The molecular formula is C17H8. The molecule has 0 aliphatic carbocycles. The number of hydrogen-bond acceptors (Lipinski definition) is 0. The van der Waals surface area contributed by atoms with Gasteiger partial charge in [-0.3, -0.25) is 0 Å². The van der Waals surface area contributed by atoms with Crippen LogP contribution < -0.4 is 0 Å². The minimum atomic E-state index is 0.857. The predicted molar refractivity (Wildman–Crippen MR) is 70.4 cm³/mol. The summed E-state index contributed by atoms with van der Waals surface area (Å²) >= 11 is 0. The molecule has 0 aromatic heterocycles. The van der Waals surface area contributed by atoms with Gasteiger partial charge in [-0.15, -0.1) is 6.42 Å². The Bertz CT molecular complexity index is 643. The molecule has 0 fully saturated rings. The molecule has 0 bridgehead atoms. The molecule has 0 amide bonds. The first kappa shape index (κ1) is 13.9. The maximum atomic E-state index is 4.89. The van der Waals surface area contributed by atoms with E-state index in [9.17, 15) is 0 Å². The van der Waals surface area contributed by atoms with E-state index in [1.807, 2.05) is 0 Å². The average molecular weight is 212 g/mol. The Hall–Kier alpha value is -3.08. The minimum absolute atomic E-state index is 0.857. The maximum Gasteiger partial charge on any atom is 0.00963 e. The molecule has 17 heavy (non-hydrogen) atoms. The smallest absolute Gasteiger partial charge is 0.00963 e. The number of terminal acetylenes is 1. The zero-order valence-electron chi connectivity index (χ0n) is 9.49. The molecule has 0 aliphatic rings. The van der Waals surface area contributed by atoms with Crippen LogP contribution in [-0.2, 0) is 0 Å². The quantitative estimate of drug-likeness (QED) is 0.577. The summed E-state index contributed by atoms with van der Waals surface area (Å²) in [6.07, 6.45) is 6.78. The molecule has 76 valence electrons. The number of rotatable bonds is 1. The lowest BCUT2D eigenvalue weighted by atomic mass is 10.3. The highest BCUT2D eigenvalue weighted by Crippen LogP contribution is 1.79. The fourth-order valence-electron chi connectivity index (χ4n) is 0.549. The highest BCUT2D eigenvalue weighted by Gasteiger charge is 1.65. The van der Waals surface area contributed by atoms with Crippen LogP contribution in [0.1, 0.15) is 19.8 Å². The highest BCUT2D eigenvalue weighted by atomic mass is 13.7. The van der Waals surface area contributed by atoms with Gasteiger partial charge in [0.05, 0.1) is 0 Å². The van der Waals surface area contributed by atoms with Gasteiger partial charge >= 0.3 is 0 Å². The van der Waals surface area contributed by atoms with E-state index >= 15 is 0 Å². The van der Waals surface area contributed by atoms with Crippen molar-refractivity contribution >= 4 is 0 Å². The summed E-state index contributed by atoms with van der Waals surface area (Å²) in [7, 11) is 0. The van der Waals surface area contributed by atoms with E-state index in [-0.39, 0.29) is 0 Å². The second kappa shape index (κ2) is 12.9. The average Bonchev–Trinajstić information content (AvgIpc) is 2.35. The van der Waals surface area contributed by atoms with Crippen LogP contribution in [0, 0.1) is 83.4 Å². The summed E-state index contributed by atoms with van der Waals surface area (Å²) in [5.41, 5.74) is 0. The van der Waals surface area contributed by atoms with Crippen LogP contribution in [0.2, 0.25) is 0 Å². The Morgan fingerprint density at radius 2 is 1.06 bits per heavy atom. The van der Waals surface area contributed by atoms with Crippen molar-refractivity contribution in [2.45, 2.75) is 19.8 Å². The first-order valence-corrected chi connectivity index (χ1v) is 4.85. The number of hydrogen-bond donors (Lipinski definition) is 0. The van der Waals surface area contributed by atoms with Crippen molar-refractivity contribution in [2.75, 3.05) is 0 Å². The van der Waals surface area contributed by atoms with Gasteiger partial charge in [-0.1, -0.05) is 12.8 Å². The van der Waals surface area contributed by atoms with Gasteiger partial charge in [-0.2, -0.15) is 0 Å². The van der Waals surface area contributed by atoms with Gasteiger partial charge in [-0.05, 0) is 77.5 Å². The van der Waals surface area contributed by atoms with Gasteiger partial charge in [0.25, 0.3) is 0 Å². The second-order valence-corrected chi connectivity index (χ2v) is 2.45. The fraction of sp³-hybridized carbons (Fsp3) is 0.176. The van der Waals surface area contributed by atoms with Gasteiger partial charge < -0.3 is 0 Å². The van der Waals surface area contributed by atoms with Crippen LogP contribution >= 0.6 is 0 Å². The van der Waals surface area contributed by atoms with Crippen molar-refractivity contribution < 1.29 is 0 Å². The Balaban J connectivity index is 4.15. The van der Waals surface area contributed by atoms with E-state index in [0.29, 0.717) is 0 Å². The molecule has 0 saturated heterocycles. The monoisotopic (exact) mass is 212 g/mol. The molecule has 0 saturated carbocycles. The summed E-state index contributed by atoms with van der Waals surface area (Å²) < 4.78 is 0. The molecular weight excluding hydrogens is 204 g/mol. The van der Waals surface area contributed by atoms with E-state index < -0.39 is 0 Å². The largest absolute Gasteiger partial charge is 0.106 e. The molecule has 0 heteroatoms. The summed E-state index contributed by atoms with van der Waals surface area (Å²) in [4.78, 5) is 0. The van der Waals surface area contributed by atoms with E-state index in [4.69, 9.17) is 6.42 Å². The maximum absolute atomic E-state index is 4.89. The van der Waals surface area contributed by atoms with Crippen LogP contribution in [0.25, 0.3) is 0 Å². The van der Waals surface area contributed by atoms with Crippen LogP contribution in [0.15, 0.2) is 0 Å². The normalized spacial score (nSPS) is 4.71. The van der Waals surface area contributed by atoms with Crippen LogP contribution in [0.3, 0.4) is 0 Å². The van der Waals surface area contributed by atoms with Gasteiger partial charge in [0.15, 0.2) is 0 Å². The van der Waals surface area contributed by atoms with Gasteiger partial charge in [0.1, 0.15) is 0 Å². The van der Waals surface area contributed by atoms with Crippen molar-refractivity contribution in [3.05, 3.63) is 0 Å². The van der Waals surface area contributed by atoms with E-state index in [2.05, 4.69) is 83.9 Å². The third kappa shape index (κ3) is 12.9. The van der Waals surface area contributed by atoms with Crippen molar-refractivity contribution in [1.82, 2.24) is 0 Å². The standard InChI is InChI=1S/C17H8/c1-3-5-7-9-11-13-15-17-16-14-12-10-8-6-4-2/h1H,4,6H2,2H3. The first-order valence-electron chi connectivity index (χ1n) is 4.85. The van der Waals surface area contributed by atoms with Crippen molar-refractivity contribution in [2.24, 2.45) is 0 Å². The molecule has 0 aliphatic heterocycles. The van der Waals surface area contributed by atoms with Crippen molar-refractivity contribution in [1.29, 1.82) is 0 Å². The Kier molecular flexibility index (Phi) is 10.6. The fourth-order valence-corrected chi connectivity index (χ4v) is 0.549. The van der Waals surface area contributed by atoms with Crippen LogP contribution in [-0.4, -0.2) is 0 Å². The van der Waals surface area contributed by atoms with Gasteiger partial charge in [0.2, 0.25) is 0 Å². The lowest BCUT2D eigenvalue weighted by Crippen LogP contribution is -1.60. The summed E-state index contributed by atoms with van der Waals surface area (Å²) in [5, 5.41) is 0. The van der Waals surface area contributed by atoms with E-state index in [1.54, 1.807) is 0 Å². The predicted octanol–water partition coefficient (Wildman–Crippen LogP) is 1.44. The van der Waals surface area contributed by atoms with Crippen molar-refractivity contribution in [3.63, 3.8) is 0 Å². The van der Waals surface area contributed by atoms with E-state index in [0.717, 1.165) is 12.8 Å². The van der Waals surface area contributed by atoms with E-state index in [1.165, 1.54) is 0 Å². The molecule has 0 spiro atoms. The molecule has 0 heterocycles. The molecule has 0 nitrogen and oxygen atoms in total. The molecule has 0 radical (unpaired) electrons. The molecule has 0 aromatic rings. The molecule has 0 atom stereocenters. The lowest BCUT2D eigenvalue weighted by Gasteiger charge is -1.71. The third-order valence-corrected chi connectivity index (χ3v) is 1.16. The van der Waals surface area contributed by atoms with Gasteiger partial charge in [0, 0.05) is 6.42 Å². The minimum Gasteiger partial charge on any atom is -0.106 e. The highest BCUT2D eigenvalue weighted by molar-refractivity contribution is 5.44. The lowest BCUT2D eigenvalue weighted by molar-refractivity contribution is 0.983. The first-order chi connectivity index (χ1) is 8.41. The summed E-state index contributed by atoms with van der Waals surface area (Å²) in [6.45, 7) is 2.06. The molecule has 0 aromatic carbocycles. The SMILES string of the molecule is C#CC#CC#CC#CC#CC#CC#CCCC. The van der Waals surface area contributed by atoms with Crippen LogP contribution in [0.5, 0.6) is 0 Å². The topological polar surface area (TPSA) is 0 Å². The molecule has 0 rings (SSSR count). The van der Waals surface area contributed by atoms with Gasteiger partial charge in [-0.25, -0.2) is 0 Å². The van der Waals surface area contributed by atoms with Crippen LogP contribution in [0.4, 0.5) is 0 Å². The molecule has 0 N–H and O–H groups in total. The Labute approximate surface area is 104 Å². The summed E-state index contributed by atoms with van der Waals surface area (Å²) in [6, 6.07) is 0. The molecule has 0 unspecified atom stereocenters. The Morgan fingerprint density at radius 3 is 1.47 bits per heavy atom. The second-order valence-electron chi connectivity index (χ2n) is 2.45.